The van der Waals surface area contributed by atoms with Crippen LogP contribution < -0.4 is 10.1 Å². The molecule has 27 heavy (non-hydrogen) atoms. The van der Waals surface area contributed by atoms with Gasteiger partial charge in [-0.2, -0.15) is 0 Å². The number of hydrogen-bond donors (Lipinski definition) is 1. The standard InChI is InChI=1S/C21H32N2O4/c1-5-26-18-9-7-17(8-10-18)15-23-19(24)11-12-21(23,4)20(25)22-13-6-14-27-16(2)3/h7-10,16H,5-6,11-15H2,1-4H3,(H,22,25). The molecule has 2 amide bonds. The topological polar surface area (TPSA) is 67.9 Å². The maximum Gasteiger partial charge on any atom is 0.245 e. The summed E-state index contributed by atoms with van der Waals surface area (Å²) in [6.45, 7) is 9.97. The summed E-state index contributed by atoms with van der Waals surface area (Å²) in [5, 5.41) is 2.97. The lowest BCUT2D eigenvalue weighted by molar-refractivity contribution is -0.141. The van der Waals surface area contributed by atoms with Gasteiger partial charge in [-0.3, -0.25) is 9.59 Å². The first-order valence-corrected chi connectivity index (χ1v) is 9.79. The van der Waals surface area contributed by atoms with Crippen molar-refractivity contribution in [3.8, 4) is 5.75 Å². The van der Waals surface area contributed by atoms with Crippen LogP contribution in [0.25, 0.3) is 0 Å². The largest absolute Gasteiger partial charge is 0.494 e. The van der Waals surface area contributed by atoms with Gasteiger partial charge in [-0.15, -0.1) is 0 Å². The number of nitrogens with one attached hydrogen (secondary N) is 1. The second-order valence-corrected chi connectivity index (χ2v) is 7.36. The lowest BCUT2D eigenvalue weighted by atomic mass is 9.97. The van der Waals surface area contributed by atoms with Gasteiger partial charge < -0.3 is 19.7 Å². The predicted molar refractivity (Wildman–Crippen MR) is 105 cm³/mol. The van der Waals surface area contributed by atoms with Crippen LogP contribution in [0.2, 0.25) is 0 Å². The van der Waals surface area contributed by atoms with Crippen molar-refractivity contribution in [2.24, 2.45) is 0 Å². The zero-order valence-corrected chi connectivity index (χ0v) is 16.9. The average molecular weight is 376 g/mol. The second kappa shape index (κ2) is 9.74. The lowest BCUT2D eigenvalue weighted by Gasteiger charge is -2.34. The molecule has 1 saturated heterocycles. The number of rotatable bonds is 10. The fourth-order valence-corrected chi connectivity index (χ4v) is 3.22. The number of hydrogen-bond acceptors (Lipinski definition) is 4. The quantitative estimate of drug-likeness (QED) is 0.638. The molecule has 0 bridgehead atoms. The van der Waals surface area contributed by atoms with Crippen LogP contribution in [-0.2, 0) is 20.9 Å². The van der Waals surface area contributed by atoms with Crippen LogP contribution in [0.4, 0.5) is 0 Å². The van der Waals surface area contributed by atoms with E-state index in [1.165, 1.54) is 0 Å². The number of nitrogens with zero attached hydrogens (tertiary/aromatic N) is 1. The van der Waals surface area contributed by atoms with Gasteiger partial charge in [-0.25, -0.2) is 0 Å². The smallest absolute Gasteiger partial charge is 0.245 e. The minimum Gasteiger partial charge on any atom is -0.494 e. The highest BCUT2D eigenvalue weighted by Gasteiger charge is 2.46. The van der Waals surface area contributed by atoms with Crippen LogP contribution in [0.15, 0.2) is 24.3 Å². The van der Waals surface area contributed by atoms with Crippen molar-refractivity contribution in [1.29, 1.82) is 0 Å². The van der Waals surface area contributed by atoms with Crippen LogP contribution in [0.1, 0.15) is 52.5 Å². The molecule has 6 nitrogen and oxygen atoms in total. The summed E-state index contributed by atoms with van der Waals surface area (Å²) in [4.78, 5) is 26.9. The van der Waals surface area contributed by atoms with Crippen molar-refractivity contribution in [3.05, 3.63) is 29.8 Å². The molecule has 1 aliphatic heterocycles. The minimum atomic E-state index is -0.811. The van der Waals surface area contributed by atoms with E-state index in [0.717, 1.165) is 17.7 Å². The van der Waals surface area contributed by atoms with Crippen molar-refractivity contribution in [1.82, 2.24) is 10.2 Å². The molecule has 0 aromatic heterocycles. The number of likely N-dealkylation sites (tertiary alicyclic amines) is 1. The Bertz CT molecular complexity index is 630. The average Bonchev–Trinajstić information content (AvgIpc) is 2.92. The summed E-state index contributed by atoms with van der Waals surface area (Å²) in [5.74, 6) is 0.728. The highest BCUT2D eigenvalue weighted by molar-refractivity contribution is 5.94. The fourth-order valence-electron chi connectivity index (χ4n) is 3.22. The summed E-state index contributed by atoms with van der Waals surface area (Å²) in [7, 11) is 0. The van der Waals surface area contributed by atoms with Crippen molar-refractivity contribution >= 4 is 11.8 Å². The Balaban J connectivity index is 1.95. The van der Waals surface area contributed by atoms with Crippen molar-refractivity contribution in [2.75, 3.05) is 19.8 Å². The van der Waals surface area contributed by atoms with Gasteiger partial charge in [-0.1, -0.05) is 12.1 Å². The highest BCUT2D eigenvalue weighted by atomic mass is 16.5. The first-order chi connectivity index (χ1) is 12.9. The molecule has 0 spiro atoms. The maximum atomic E-state index is 12.8. The van der Waals surface area contributed by atoms with Crippen LogP contribution >= 0.6 is 0 Å². The van der Waals surface area contributed by atoms with Gasteiger partial charge in [0.15, 0.2) is 0 Å². The zero-order chi connectivity index (χ0) is 19.9. The molecule has 1 aromatic rings. The van der Waals surface area contributed by atoms with E-state index in [1.807, 2.05) is 52.0 Å². The van der Waals surface area contributed by atoms with E-state index in [2.05, 4.69) is 5.32 Å². The molecule has 150 valence electrons. The SMILES string of the molecule is CCOc1ccc(CN2C(=O)CCC2(C)C(=O)NCCCOC(C)C)cc1. The van der Waals surface area contributed by atoms with Gasteiger partial charge in [0, 0.05) is 26.1 Å². The molecule has 0 aliphatic carbocycles. The first-order valence-electron chi connectivity index (χ1n) is 9.79. The van der Waals surface area contributed by atoms with Crippen LogP contribution in [0.5, 0.6) is 5.75 Å². The lowest BCUT2D eigenvalue weighted by Crippen LogP contribution is -2.54. The molecule has 0 radical (unpaired) electrons. The number of benzene rings is 1. The number of ether oxygens (including phenoxy) is 2. The van der Waals surface area contributed by atoms with Gasteiger partial charge in [0.2, 0.25) is 11.8 Å². The van der Waals surface area contributed by atoms with Gasteiger partial charge >= 0.3 is 0 Å². The molecule has 0 saturated carbocycles. The Kier molecular flexibility index (Phi) is 7.66. The van der Waals surface area contributed by atoms with Crippen molar-refractivity contribution < 1.29 is 19.1 Å². The molecule has 1 N–H and O–H groups in total. The molecule has 1 aliphatic rings. The monoisotopic (exact) mass is 376 g/mol. The van der Waals surface area contributed by atoms with Crippen LogP contribution in [-0.4, -0.2) is 48.1 Å². The van der Waals surface area contributed by atoms with Crippen LogP contribution in [0.3, 0.4) is 0 Å². The molecule has 6 heteroatoms. The van der Waals surface area contributed by atoms with E-state index in [0.29, 0.717) is 39.1 Å². The third-order valence-electron chi connectivity index (χ3n) is 4.84. The van der Waals surface area contributed by atoms with Crippen molar-refractivity contribution in [2.45, 2.75) is 65.1 Å². The Morgan fingerprint density at radius 3 is 2.63 bits per heavy atom. The summed E-state index contributed by atoms with van der Waals surface area (Å²) < 4.78 is 10.9. The van der Waals surface area contributed by atoms with E-state index in [9.17, 15) is 9.59 Å². The summed E-state index contributed by atoms with van der Waals surface area (Å²) in [6.07, 6.45) is 1.89. The minimum absolute atomic E-state index is 0.0182. The third-order valence-corrected chi connectivity index (χ3v) is 4.84. The Hall–Kier alpha value is -2.08. The van der Waals surface area contributed by atoms with E-state index < -0.39 is 5.54 Å². The Morgan fingerprint density at radius 2 is 2.00 bits per heavy atom. The molecule has 1 heterocycles. The predicted octanol–water partition coefficient (Wildman–Crippen LogP) is 2.90. The maximum absolute atomic E-state index is 12.8. The molecule has 1 fully saturated rings. The number of carbonyl (C=O) groups excluding carboxylic acids is 2. The number of carbonyl (C=O) groups is 2. The first kappa shape index (κ1) is 21.2. The summed E-state index contributed by atoms with van der Waals surface area (Å²) in [5.41, 5.74) is 0.173. The van der Waals surface area contributed by atoms with Crippen molar-refractivity contribution in [3.63, 3.8) is 0 Å². The molecular formula is C21H32N2O4. The van der Waals surface area contributed by atoms with Gasteiger partial charge in [0.05, 0.1) is 12.7 Å². The highest BCUT2D eigenvalue weighted by Crippen LogP contribution is 2.32. The Morgan fingerprint density at radius 1 is 1.30 bits per heavy atom. The third kappa shape index (κ3) is 5.70. The van der Waals surface area contributed by atoms with E-state index in [-0.39, 0.29) is 17.9 Å². The normalized spacial score (nSPS) is 19.6. The fraction of sp³-hybridized carbons (Fsp3) is 0.619. The van der Waals surface area contributed by atoms with Crippen LogP contribution in [0, 0.1) is 0 Å². The molecule has 2 rings (SSSR count). The molecule has 1 atom stereocenters. The van der Waals surface area contributed by atoms with E-state index in [4.69, 9.17) is 9.47 Å². The molecule has 1 aromatic carbocycles. The molecular weight excluding hydrogens is 344 g/mol. The summed E-state index contributed by atoms with van der Waals surface area (Å²) >= 11 is 0. The molecule has 1 unspecified atom stereocenters. The van der Waals surface area contributed by atoms with E-state index in [1.54, 1.807) is 4.90 Å². The van der Waals surface area contributed by atoms with E-state index >= 15 is 0 Å². The van der Waals surface area contributed by atoms with Gasteiger partial charge in [0.1, 0.15) is 11.3 Å². The summed E-state index contributed by atoms with van der Waals surface area (Å²) in [6, 6.07) is 7.67. The number of amides is 2. The zero-order valence-electron chi connectivity index (χ0n) is 16.9. The second-order valence-electron chi connectivity index (χ2n) is 7.36. The van der Waals surface area contributed by atoms with Gasteiger partial charge in [-0.05, 0) is 58.2 Å². The Labute approximate surface area is 162 Å². The van der Waals surface area contributed by atoms with Gasteiger partial charge in [0.25, 0.3) is 0 Å².